The van der Waals surface area contributed by atoms with Gasteiger partial charge in [0.2, 0.25) is 10.0 Å². The van der Waals surface area contributed by atoms with Crippen LogP contribution in [0.3, 0.4) is 0 Å². The molecule has 0 bridgehead atoms. The van der Waals surface area contributed by atoms with Gasteiger partial charge in [0.15, 0.2) is 0 Å². The molecule has 1 aliphatic rings. The highest BCUT2D eigenvalue weighted by Gasteiger charge is 2.41. The number of thiophene rings is 2. The maximum atomic E-state index is 12.8. The minimum absolute atomic E-state index is 0.00933. The van der Waals surface area contributed by atoms with Gasteiger partial charge >= 0.3 is 6.16 Å². The van der Waals surface area contributed by atoms with E-state index in [0.29, 0.717) is 4.21 Å². The zero-order valence-corrected chi connectivity index (χ0v) is 18.6. The van der Waals surface area contributed by atoms with Gasteiger partial charge in [-0.3, -0.25) is 0 Å². The van der Waals surface area contributed by atoms with Gasteiger partial charge in [-0.05, 0) is 30.2 Å². The van der Waals surface area contributed by atoms with E-state index < -0.39 is 16.2 Å². The molecule has 0 aliphatic heterocycles. The van der Waals surface area contributed by atoms with Crippen molar-refractivity contribution >= 4 is 48.9 Å². The third kappa shape index (κ3) is 4.96. The molecule has 2 aromatic heterocycles. The van der Waals surface area contributed by atoms with Gasteiger partial charge in [0.1, 0.15) is 4.21 Å². The SMILES string of the molecule is O=C(O)O.O=S(=O)(N[C@H]1C[C@@H]1c1ccccc1)c1ccc(-c2csc3ccccc23)s1. The van der Waals surface area contributed by atoms with Crippen LogP contribution in [0, 0.1) is 0 Å². The molecular formula is C22H19NO5S3. The lowest BCUT2D eigenvalue weighted by atomic mass is 10.1. The molecule has 31 heavy (non-hydrogen) atoms. The second kappa shape index (κ2) is 8.80. The van der Waals surface area contributed by atoms with Crippen molar-refractivity contribution in [1.29, 1.82) is 0 Å². The Morgan fingerprint density at radius 3 is 2.39 bits per heavy atom. The molecular weight excluding hydrogens is 454 g/mol. The number of benzene rings is 2. The van der Waals surface area contributed by atoms with E-state index in [1.165, 1.54) is 27.0 Å². The smallest absolute Gasteiger partial charge is 0.450 e. The van der Waals surface area contributed by atoms with Gasteiger partial charge < -0.3 is 10.2 Å². The van der Waals surface area contributed by atoms with E-state index in [4.69, 9.17) is 15.0 Å². The first-order valence-electron chi connectivity index (χ1n) is 9.41. The van der Waals surface area contributed by atoms with Crippen molar-refractivity contribution in [3.63, 3.8) is 0 Å². The Kier molecular flexibility index (Phi) is 6.10. The minimum Gasteiger partial charge on any atom is -0.450 e. The first-order chi connectivity index (χ1) is 14.8. The van der Waals surface area contributed by atoms with E-state index in [9.17, 15) is 8.42 Å². The van der Waals surface area contributed by atoms with Crippen molar-refractivity contribution in [2.45, 2.75) is 22.6 Å². The number of fused-ring (bicyclic) bond motifs is 1. The molecule has 5 rings (SSSR count). The Labute approximate surface area is 187 Å². The summed E-state index contributed by atoms with van der Waals surface area (Å²) in [5, 5.41) is 17.2. The summed E-state index contributed by atoms with van der Waals surface area (Å²) in [6, 6.07) is 21.9. The standard InChI is InChI=1S/C21H17NO2S3.CH2O3/c23-27(24,22-18-12-16(18)14-6-2-1-3-7-14)21-11-10-20(26-21)17-13-25-19-9-5-4-8-15(17)19;2-1(3)4/h1-11,13,16,18,22H,12H2;(H2,2,3,4)/t16-,18+;/m1./s1. The number of hydrogen-bond donors (Lipinski definition) is 3. The Bertz CT molecular complexity index is 1310. The normalized spacial score (nSPS) is 17.7. The Morgan fingerprint density at radius 2 is 1.65 bits per heavy atom. The second-order valence-electron chi connectivity index (χ2n) is 7.03. The van der Waals surface area contributed by atoms with Crippen LogP contribution in [0.4, 0.5) is 4.79 Å². The van der Waals surface area contributed by atoms with E-state index in [-0.39, 0.29) is 12.0 Å². The molecule has 4 aromatic rings. The van der Waals surface area contributed by atoms with Crippen molar-refractivity contribution in [2.24, 2.45) is 0 Å². The number of rotatable bonds is 5. The van der Waals surface area contributed by atoms with Gasteiger partial charge in [0, 0.05) is 37.9 Å². The summed E-state index contributed by atoms with van der Waals surface area (Å²) in [7, 11) is -3.49. The predicted molar refractivity (Wildman–Crippen MR) is 124 cm³/mol. The quantitative estimate of drug-likeness (QED) is 0.346. The Morgan fingerprint density at radius 1 is 0.968 bits per heavy atom. The lowest BCUT2D eigenvalue weighted by molar-refractivity contribution is 0.137. The summed E-state index contributed by atoms with van der Waals surface area (Å²) in [6.07, 6.45) is -0.976. The predicted octanol–water partition coefficient (Wildman–Crippen LogP) is 5.69. The summed E-state index contributed by atoms with van der Waals surface area (Å²) in [4.78, 5) is 9.54. The molecule has 160 valence electrons. The van der Waals surface area contributed by atoms with Crippen LogP contribution in [0.15, 0.2) is 76.3 Å². The van der Waals surface area contributed by atoms with Crippen LogP contribution in [0.2, 0.25) is 0 Å². The molecule has 2 aromatic carbocycles. The molecule has 0 unspecified atom stereocenters. The lowest BCUT2D eigenvalue weighted by Gasteiger charge is -2.04. The third-order valence-electron chi connectivity index (χ3n) is 4.92. The lowest BCUT2D eigenvalue weighted by Crippen LogP contribution is -2.26. The third-order valence-corrected chi connectivity index (χ3v) is 8.98. The van der Waals surface area contributed by atoms with Gasteiger partial charge in [0.25, 0.3) is 0 Å². The largest absolute Gasteiger partial charge is 0.503 e. The van der Waals surface area contributed by atoms with Crippen molar-refractivity contribution in [2.75, 3.05) is 0 Å². The number of sulfonamides is 1. The maximum Gasteiger partial charge on any atom is 0.503 e. The zero-order chi connectivity index (χ0) is 22.0. The second-order valence-corrected chi connectivity index (χ2v) is 11.0. The van der Waals surface area contributed by atoms with Crippen LogP contribution in [-0.2, 0) is 10.0 Å². The highest BCUT2D eigenvalue weighted by molar-refractivity contribution is 7.91. The molecule has 0 spiro atoms. The van der Waals surface area contributed by atoms with Crippen molar-refractivity contribution < 1.29 is 23.4 Å². The average molecular weight is 474 g/mol. The molecule has 0 saturated heterocycles. The van der Waals surface area contributed by atoms with E-state index >= 15 is 0 Å². The fraction of sp³-hybridized carbons (Fsp3) is 0.136. The number of carboxylic acid groups (broad SMARTS) is 2. The van der Waals surface area contributed by atoms with Crippen LogP contribution in [0.25, 0.3) is 20.5 Å². The number of nitrogens with one attached hydrogen (secondary N) is 1. The Hall–Kier alpha value is -2.72. The fourth-order valence-corrected chi connectivity index (χ4v) is 7.11. The summed E-state index contributed by atoms with van der Waals surface area (Å²) in [5.41, 5.74) is 2.30. The highest BCUT2D eigenvalue weighted by atomic mass is 32.2. The average Bonchev–Trinajstić information content (AvgIpc) is 3.14. The molecule has 9 heteroatoms. The van der Waals surface area contributed by atoms with E-state index in [1.54, 1.807) is 17.4 Å². The highest BCUT2D eigenvalue weighted by Crippen LogP contribution is 2.43. The number of hydrogen-bond acceptors (Lipinski definition) is 5. The molecule has 0 radical (unpaired) electrons. The topological polar surface area (TPSA) is 104 Å². The van der Waals surface area contributed by atoms with Gasteiger partial charge in [-0.25, -0.2) is 17.9 Å². The summed E-state index contributed by atoms with van der Waals surface area (Å²) >= 11 is 3.02. The van der Waals surface area contributed by atoms with Crippen LogP contribution >= 0.6 is 22.7 Å². The molecule has 0 amide bonds. The monoisotopic (exact) mass is 473 g/mol. The zero-order valence-electron chi connectivity index (χ0n) is 16.1. The molecule has 1 aliphatic carbocycles. The van der Waals surface area contributed by atoms with E-state index in [2.05, 4.69) is 34.4 Å². The maximum absolute atomic E-state index is 12.8. The van der Waals surface area contributed by atoms with Gasteiger partial charge in [-0.15, -0.1) is 22.7 Å². The summed E-state index contributed by atoms with van der Waals surface area (Å²) in [5.74, 6) is 0.279. The van der Waals surface area contributed by atoms with E-state index in [1.807, 2.05) is 36.4 Å². The molecule has 1 fully saturated rings. The Balaban J connectivity index is 0.000000535. The molecule has 1 saturated carbocycles. The van der Waals surface area contributed by atoms with Gasteiger partial charge in [-0.2, -0.15) is 0 Å². The van der Waals surface area contributed by atoms with E-state index in [0.717, 1.165) is 16.9 Å². The van der Waals surface area contributed by atoms with Crippen molar-refractivity contribution in [3.8, 4) is 10.4 Å². The van der Waals surface area contributed by atoms with Crippen LogP contribution in [0.5, 0.6) is 0 Å². The fourth-order valence-electron chi connectivity index (χ4n) is 3.43. The molecule has 2 heterocycles. The van der Waals surface area contributed by atoms with Crippen molar-refractivity contribution in [1.82, 2.24) is 4.72 Å². The molecule has 2 atom stereocenters. The van der Waals surface area contributed by atoms with Crippen LogP contribution < -0.4 is 4.72 Å². The summed E-state index contributed by atoms with van der Waals surface area (Å²) in [6.45, 7) is 0. The molecule has 6 nitrogen and oxygen atoms in total. The van der Waals surface area contributed by atoms with Crippen LogP contribution in [-0.4, -0.2) is 30.8 Å². The number of carbonyl (C=O) groups is 1. The van der Waals surface area contributed by atoms with Crippen LogP contribution in [0.1, 0.15) is 17.9 Å². The minimum atomic E-state index is -3.49. The first-order valence-corrected chi connectivity index (χ1v) is 12.6. The summed E-state index contributed by atoms with van der Waals surface area (Å²) < 4.78 is 30.1. The van der Waals surface area contributed by atoms with Gasteiger partial charge in [-0.1, -0.05) is 48.5 Å². The molecule has 3 N–H and O–H groups in total. The first kappa shape index (κ1) is 21.5. The van der Waals surface area contributed by atoms with Crippen molar-refractivity contribution in [3.05, 3.63) is 77.7 Å². The van der Waals surface area contributed by atoms with Gasteiger partial charge in [0.05, 0.1) is 0 Å².